The summed E-state index contributed by atoms with van der Waals surface area (Å²) < 4.78 is 1.90. The lowest BCUT2D eigenvalue weighted by Crippen LogP contribution is -2.40. The third-order valence-corrected chi connectivity index (χ3v) is 5.29. The summed E-state index contributed by atoms with van der Waals surface area (Å²) in [6.07, 6.45) is 12.3. The van der Waals surface area contributed by atoms with Gasteiger partial charge in [-0.1, -0.05) is 25.7 Å². The number of likely N-dealkylation sites (tertiary alicyclic amines) is 1. The third-order valence-electron chi connectivity index (χ3n) is 5.29. The zero-order chi connectivity index (χ0) is 16.1. The maximum absolute atomic E-state index is 4.90. The van der Waals surface area contributed by atoms with Gasteiger partial charge in [0.15, 0.2) is 5.96 Å². The number of hydrogen-bond acceptors (Lipinski definition) is 2. The molecule has 1 unspecified atom stereocenters. The molecule has 0 spiro atoms. The second kappa shape index (κ2) is 9.63. The number of hydrogen-bond donors (Lipinski definition) is 1. The van der Waals surface area contributed by atoms with Crippen molar-refractivity contribution in [2.24, 2.45) is 18.0 Å². The molecule has 3 rings (SSSR count). The lowest BCUT2D eigenvalue weighted by Gasteiger charge is -2.21. The molecule has 2 heterocycles. The van der Waals surface area contributed by atoms with Crippen molar-refractivity contribution in [3.63, 3.8) is 0 Å². The maximum atomic E-state index is 4.90. The zero-order valence-electron chi connectivity index (χ0n) is 15.1. The van der Waals surface area contributed by atoms with Crippen LogP contribution in [0.15, 0.2) is 17.4 Å². The monoisotopic (exact) mass is 445 g/mol. The normalized spacial score (nSPS) is 22.0. The van der Waals surface area contributed by atoms with Crippen LogP contribution in [-0.2, 0) is 7.05 Å². The number of nitrogens with zero attached hydrogens (tertiary/aromatic N) is 4. The van der Waals surface area contributed by atoms with Crippen LogP contribution in [0.25, 0.3) is 0 Å². The van der Waals surface area contributed by atoms with Gasteiger partial charge in [0.25, 0.3) is 0 Å². The predicted octanol–water partition coefficient (Wildman–Crippen LogP) is 3.37. The number of rotatable bonds is 5. The lowest BCUT2D eigenvalue weighted by atomic mass is 10.0. The predicted molar refractivity (Wildman–Crippen MR) is 110 cm³/mol. The molecule has 1 saturated carbocycles. The summed E-state index contributed by atoms with van der Waals surface area (Å²) in [5.41, 5.74) is 1.36. The fraction of sp³-hybridized carbons (Fsp3) is 0.778. The number of aromatic nitrogens is 2. The largest absolute Gasteiger partial charge is 0.357 e. The summed E-state index contributed by atoms with van der Waals surface area (Å²) in [4.78, 5) is 7.33. The van der Waals surface area contributed by atoms with Crippen LogP contribution < -0.4 is 5.32 Å². The Bertz CT molecular complexity index is 521. The van der Waals surface area contributed by atoms with E-state index < -0.39 is 0 Å². The smallest absolute Gasteiger partial charge is 0.193 e. The van der Waals surface area contributed by atoms with Gasteiger partial charge in [-0.3, -0.25) is 9.67 Å². The van der Waals surface area contributed by atoms with E-state index in [-0.39, 0.29) is 24.0 Å². The highest BCUT2D eigenvalue weighted by Gasteiger charge is 2.27. The minimum Gasteiger partial charge on any atom is -0.357 e. The maximum Gasteiger partial charge on any atom is 0.193 e. The van der Waals surface area contributed by atoms with Crippen LogP contribution in [0.1, 0.15) is 56.9 Å². The van der Waals surface area contributed by atoms with Crippen molar-refractivity contribution in [1.82, 2.24) is 20.0 Å². The van der Waals surface area contributed by atoms with Gasteiger partial charge in [-0.15, -0.1) is 24.0 Å². The molecule has 2 fully saturated rings. The average molecular weight is 445 g/mol. The van der Waals surface area contributed by atoms with E-state index in [2.05, 4.69) is 28.4 Å². The second-order valence-corrected chi connectivity index (χ2v) is 7.05. The van der Waals surface area contributed by atoms with Crippen LogP contribution in [0.5, 0.6) is 0 Å². The van der Waals surface area contributed by atoms with Gasteiger partial charge in [0, 0.05) is 45.3 Å². The fourth-order valence-electron chi connectivity index (χ4n) is 3.95. The first-order valence-corrected chi connectivity index (χ1v) is 9.28. The summed E-state index contributed by atoms with van der Waals surface area (Å²) in [5, 5.41) is 7.80. The lowest BCUT2D eigenvalue weighted by molar-refractivity contribution is 0.476. The summed E-state index contributed by atoms with van der Waals surface area (Å²) in [6, 6.07) is 0. The van der Waals surface area contributed by atoms with Crippen molar-refractivity contribution in [3.8, 4) is 0 Å². The van der Waals surface area contributed by atoms with E-state index in [0.29, 0.717) is 5.92 Å². The number of aliphatic imine (C=N–C) groups is 1. The first-order valence-electron chi connectivity index (χ1n) is 9.28. The number of nitrogens with one attached hydrogen (secondary N) is 1. The molecule has 1 aromatic heterocycles. The Morgan fingerprint density at radius 1 is 1.33 bits per heavy atom. The summed E-state index contributed by atoms with van der Waals surface area (Å²) in [7, 11) is 1.99. The minimum atomic E-state index is 0. The molecule has 1 saturated heterocycles. The van der Waals surface area contributed by atoms with Crippen molar-refractivity contribution >= 4 is 29.9 Å². The van der Waals surface area contributed by atoms with E-state index in [1.807, 2.05) is 17.9 Å². The molecule has 6 heteroatoms. The Kier molecular flexibility index (Phi) is 7.84. The van der Waals surface area contributed by atoms with Crippen LogP contribution in [-0.4, -0.2) is 46.8 Å². The molecule has 1 aliphatic carbocycles. The summed E-state index contributed by atoms with van der Waals surface area (Å²) in [6.45, 7) is 6.22. The van der Waals surface area contributed by atoms with Crippen LogP contribution in [0.2, 0.25) is 0 Å². The SMILES string of the molecule is CCNC(=NCCC1CCCC1)N1CCC(c2cnn(C)c2)C1.I. The van der Waals surface area contributed by atoms with Crippen molar-refractivity contribution in [2.75, 3.05) is 26.2 Å². The molecule has 2 aliphatic rings. The molecular weight excluding hydrogens is 413 g/mol. The van der Waals surface area contributed by atoms with E-state index in [1.165, 1.54) is 44.1 Å². The molecule has 0 radical (unpaired) electrons. The van der Waals surface area contributed by atoms with E-state index in [4.69, 9.17) is 4.99 Å². The van der Waals surface area contributed by atoms with Gasteiger partial charge in [-0.2, -0.15) is 5.10 Å². The molecule has 5 nitrogen and oxygen atoms in total. The Morgan fingerprint density at radius 3 is 2.79 bits per heavy atom. The second-order valence-electron chi connectivity index (χ2n) is 7.05. The van der Waals surface area contributed by atoms with Crippen molar-refractivity contribution in [2.45, 2.75) is 51.4 Å². The molecular formula is C18H32IN5. The van der Waals surface area contributed by atoms with Crippen molar-refractivity contribution < 1.29 is 0 Å². The van der Waals surface area contributed by atoms with Crippen LogP contribution in [0.4, 0.5) is 0 Å². The van der Waals surface area contributed by atoms with Crippen molar-refractivity contribution in [3.05, 3.63) is 18.0 Å². The average Bonchev–Trinajstić information content (AvgIpc) is 3.27. The first-order chi connectivity index (χ1) is 11.3. The Hall–Kier alpha value is -0.790. The zero-order valence-corrected chi connectivity index (χ0v) is 17.4. The Balaban J connectivity index is 0.00000208. The Morgan fingerprint density at radius 2 is 2.12 bits per heavy atom. The van der Waals surface area contributed by atoms with Crippen LogP contribution in [0, 0.1) is 5.92 Å². The van der Waals surface area contributed by atoms with Crippen LogP contribution >= 0.6 is 24.0 Å². The van der Waals surface area contributed by atoms with E-state index in [9.17, 15) is 0 Å². The van der Waals surface area contributed by atoms with Gasteiger partial charge < -0.3 is 10.2 Å². The van der Waals surface area contributed by atoms with Gasteiger partial charge in [0.1, 0.15) is 0 Å². The summed E-state index contributed by atoms with van der Waals surface area (Å²) >= 11 is 0. The third kappa shape index (κ3) is 5.10. The number of aryl methyl sites for hydroxylation is 1. The number of guanidine groups is 1. The van der Waals surface area contributed by atoms with E-state index >= 15 is 0 Å². The molecule has 1 N–H and O–H groups in total. The first kappa shape index (κ1) is 19.5. The molecule has 136 valence electrons. The van der Waals surface area contributed by atoms with Gasteiger partial charge >= 0.3 is 0 Å². The van der Waals surface area contributed by atoms with Gasteiger partial charge in [0.05, 0.1) is 6.20 Å². The molecule has 24 heavy (non-hydrogen) atoms. The highest BCUT2D eigenvalue weighted by molar-refractivity contribution is 14.0. The van der Waals surface area contributed by atoms with Gasteiger partial charge in [-0.05, 0) is 31.2 Å². The Labute approximate surface area is 163 Å². The molecule has 0 aromatic carbocycles. The van der Waals surface area contributed by atoms with Crippen molar-refractivity contribution in [1.29, 1.82) is 0 Å². The number of halogens is 1. The topological polar surface area (TPSA) is 45.5 Å². The highest BCUT2D eigenvalue weighted by Crippen LogP contribution is 2.28. The van der Waals surface area contributed by atoms with Gasteiger partial charge in [0.2, 0.25) is 0 Å². The standard InChI is InChI=1S/C18H31N5.HI/c1-3-19-18(20-10-8-15-6-4-5-7-15)23-11-9-16(14-23)17-12-21-22(2)13-17;/h12-13,15-16H,3-11,14H2,1-2H3,(H,19,20);1H. The van der Waals surface area contributed by atoms with E-state index in [1.54, 1.807) is 0 Å². The molecule has 1 aromatic rings. The highest BCUT2D eigenvalue weighted by atomic mass is 127. The molecule has 1 atom stereocenters. The fourth-order valence-corrected chi connectivity index (χ4v) is 3.95. The summed E-state index contributed by atoms with van der Waals surface area (Å²) in [5.74, 6) is 2.61. The molecule has 1 aliphatic heterocycles. The van der Waals surface area contributed by atoms with E-state index in [0.717, 1.165) is 38.1 Å². The van der Waals surface area contributed by atoms with Crippen LogP contribution in [0.3, 0.4) is 0 Å². The quantitative estimate of drug-likeness (QED) is 0.430. The van der Waals surface area contributed by atoms with Gasteiger partial charge in [-0.25, -0.2) is 0 Å². The minimum absolute atomic E-state index is 0. The molecule has 0 bridgehead atoms. The molecule has 0 amide bonds.